The third kappa shape index (κ3) is 2.52. The molecule has 0 spiro atoms. The summed E-state index contributed by atoms with van der Waals surface area (Å²) in [5.74, 6) is 0. The van der Waals surface area contributed by atoms with Crippen molar-refractivity contribution in [2.24, 2.45) is 0 Å². The predicted molar refractivity (Wildman–Crippen MR) is 68.8 cm³/mol. The Morgan fingerprint density at radius 1 is 1.18 bits per heavy atom. The highest BCUT2D eigenvalue weighted by atomic mass is 16.5. The largest absolute Gasteiger partial charge is 0.501 e. The van der Waals surface area contributed by atoms with Gasteiger partial charge >= 0.3 is 0 Å². The fraction of sp³-hybridized carbons (Fsp3) is 0.467. The Morgan fingerprint density at radius 2 is 1.82 bits per heavy atom. The van der Waals surface area contributed by atoms with Crippen LogP contribution in [0.4, 0.5) is 0 Å². The van der Waals surface area contributed by atoms with Crippen molar-refractivity contribution in [1.29, 1.82) is 0 Å². The molecule has 1 aromatic carbocycles. The summed E-state index contributed by atoms with van der Waals surface area (Å²) in [7, 11) is 0. The fourth-order valence-corrected chi connectivity index (χ4v) is 2.36. The second-order valence-electron chi connectivity index (χ2n) is 5.07. The number of aliphatic hydroxyl groups is 1. The zero-order valence-electron chi connectivity index (χ0n) is 10.8. The first-order valence-electron chi connectivity index (χ1n) is 6.12. The molecule has 0 aromatic heterocycles. The van der Waals surface area contributed by atoms with Gasteiger partial charge in [0.25, 0.3) is 0 Å². The van der Waals surface area contributed by atoms with Gasteiger partial charge in [0.15, 0.2) is 0 Å². The van der Waals surface area contributed by atoms with Crippen molar-refractivity contribution in [2.75, 3.05) is 6.61 Å². The number of ether oxygens (including phenoxy) is 1. The van der Waals surface area contributed by atoms with Crippen molar-refractivity contribution in [1.82, 2.24) is 0 Å². The molecule has 0 radical (unpaired) electrons. The lowest BCUT2D eigenvalue weighted by molar-refractivity contribution is 0.0784. The molecule has 0 saturated carbocycles. The van der Waals surface area contributed by atoms with E-state index >= 15 is 0 Å². The van der Waals surface area contributed by atoms with Crippen LogP contribution in [0.1, 0.15) is 36.5 Å². The van der Waals surface area contributed by atoms with Crippen molar-refractivity contribution in [3.05, 3.63) is 46.7 Å². The maximum atomic E-state index is 10.7. The van der Waals surface area contributed by atoms with Crippen molar-refractivity contribution < 1.29 is 9.84 Å². The summed E-state index contributed by atoms with van der Waals surface area (Å²) in [6.07, 6.45) is 3.61. The van der Waals surface area contributed by atoms with Gasteiger partial charge in [-0.25, -0.2) is 0 Å². The van der Waals surface area contributed by atoms with Gasteiger partial charge < -0.3 is 9.84 Å². The number of aryl methyl sites for hydroxylation is 2. The highest BCUT2D eigenvalue weighted by molar-refractivity contribution is 5.37. The zero-order chi connectivity index (χ0) is 12.5. The van der Waals surface area contributed by atoms with E-state index in [9.17, 15) is 5.11 Å². The summed E-state index contributed by atoms with van der Waals surface area (Å²) in [4.78, 5) is 0. The minimum atomic E-state index is -0.919. The van der Waals surface area contributed by atoms with E-state index in [1.54, 1.807) is 6.26 Å². The minimum absolute atomic E-state index is 0.756. The highest BCUT2D eigenvalue weighted by Gasteiger charge is 2.29. The van der Waals surface area contributed by atoms with Crippen molar-refractivity contribution in [3.63, 3.8) is 0 Å². The maximum absolute atomic E-state index is 10.7. The standard InChI is InChI=1S/C15H20O2/c1-11-7-12(2)9-14(8-11)15(3,16)13-5-4-6-17-10-13/h7-10,16H,4-6H2,1-3H3. The molecule has 17 heavy (non-hydrogen) atoms. The molecular weight excluding hydrogens is 212 g/mol. The first-order chi connectivity index (χ1) is 8.00. The summed E-state index contributed by atoms with van der Waals surface area (Å²) in [5, 5.41) is 10.7. The van der Waals surface area contributed by atoms with Crippen molar-refractivity contribution in [3.8, 4) is 0 Å². The molecule has 0 amide bonds. The Hall–Kier alpha value is -1.28. The lowest BCUT2D eigenvalue weighted by Gasteiger charge is -2.29. The van der Waals surface area contributed by atoms with Crippen LogP contribution in [-0.2, 0) is 10.3 Å². The molecule has 1 aliphatic rings. The lowest BCUT2D eigenvalue weighted by Crippen LogP contribution is -2.26. The van der Waals surface area contributed by atoms with Gasteiger partial charge in [-0.1, -0.05) is 29.3 Å². The van der Waals surface area contributed by atoms with E-state index in [4.69, 9.17) is 4.74 Å². The van der Waals surface area contributed by atoms with Gasteiger partial charge in [-0.2, -0.15) is 0 Å². The van der Waals surface area contributed by atoms with Crippen LogP contribution in [-0.4, -0.2) is 11.7 Å². The average Bonchev–Trinajstić information content (AvgIpc) is 2.29. The highest BCUT2D eigenvalue weighted by Crippen LogP contribution is 2.34. The van der Waals surface area contributed by atoms with Gasteiger partial charge in [-0.15, -0.1) is 0 Å². The molecule has 1 unspecified atom stereocenters. The number of hydrogen-bond acceptors (Lipinski definition) is 2. The Bertz CT molecular complexity index is 424. The van der Waals surface area contributed by atoms with E-state index in [2.05, 4.69) is 19.9 Å². The SMILES string of the molecule is Cc1cc(C)cc(C(C)(O)C2=COCCC2)c1. The molecule has 0 saturated heterocycles. The molecule has 92 valence electrons. The summed E-state index contributed by atoms with van der Waals surface area (Å²) in [6, 6.07) is 6.20. The molecule has 0 bridgehead atoms. The predicted octanol–water partition coefficient (Wildman–Crippen LogP) is 3.21. The smallest absolute Gasteiger partial charge is 0.111 e. The Labute approximate surface area is 103 Å². The molecule has 1 heterocycles. The Balaban J connectivity index is 2.39. The van der Waals surface area contributed by atoms with Crippen molar-refractivity contribution >= 4 is 0 Å². The van der Waals surface area contributed by atoms with Crippen LogP contribution in [0.25, 0.3) is 0 Å². The van der Waals surface area contributed by atoms with Crippen LogP contribution in [0.15, 0.2) is 30.0 Å². The van der Waals surface area contributed by atoms with Gasteiger partial charge in [0, 0.05) is 0 Å². The van der Waals surface area contributed by atoms with E-state index in [0.29, 0.717) is 0 Å². The maximum Gasteiger partial charge on any atom is 0.111 e. The average molecular weight is 232 g/mol. The fourth-order valence-electron chi connectivity index (χ4n) is 2.36. The quantitative estimate of drug-likeness (QED) is 0.848. The summed E-state index contributed by atoms with van der Waals surface area (Å²) in [5.41, 5.74) is 3.35. The van der Waals surface area contributed by atoms with Crippen LogP contribution < -0.4 is 0 Å². The summed E-state index contributed by atoms with van der Waals surface area (Å²) < 4.78 is 5.33. The van der Waals surface area contributed by atoms with E-state index in [0.717, 1.165) is 30.6 Å². The monoisotopic (exact) mass is 232 g/mol. The van der Waals surface area contributed by atoms with Crippen LogP contribution >= 0.6 is 0 Å². The normalized spacial score (nSPS) is 19.2. The Kier molecular flexibility index (Phi) is 3.25. The molecule has 2 nitrogen and oxygen atoms in total. The molecular formula is C15H20O2. The molecule has 1 aliphatic heterocycles. The van der Waals surface area contributed by atoms with Gasteiger partial charge in [-0.3, -0.25) is 0 Å². The molecule has 2 rings (SSSR count). The van der Waals surface area contributed by atoms with Crippen LogP contribution in [0.3, 0.4) is 0 Å². The van der Waals surface area contributed by atoms with Gasteiger partial charge in [-0.05, 0) is 44.7 Å². The lowest BCUT2D eigenvalue weighted by atomic mass is 9.84. The summed E-state index contributed by atoms with van der Waals surface area (Å²) in [6.45, 7) is 6.71. The molecule has 1 N–H and O–H groups in total. The second-order valence-corrected chi connectivity index (χ2v) is 5.07. The second kappa shape index (κ2) is 4.53. The first-order valence-corrected chi connectivity index (χ1v) is 6.12. The third-order valence-corrected chi connectivity index (χ3v) is 3.34. The van der Waals surface area contributed by atoms with E-state index < -0.39 is 5.60 Å². The molecule has 1 atom stereocenters. The topological polar surface area (TPSA) is 29.5 Å². The molecule has 0 fully saturated rings. The molecule has 0 aliphatic carbocycles. The molecule has 2 heteroatoms. The van der Waals surface area contributed by atoms with Crippen LogP contribution in [0, 0.1) is 13.8 Å². The minimum Gasteiger partial charge on any atom is -0.501 e. The van der Waals surface area contributed by atoms with Gasteiger partial charge in [0.2, 0.25) is 0 Å². The first kappa shape index (κ1) is 12.2. The summed E-state index contributed by atoms with van der Waals surface area (Å²) >= 11 is 0. The Morgan fingerprint density at radius 3 is 2.35 bits per heavy atom. The van der Waals surface area contributed by atoms with Gasteiger partial charge in [0.05, 0.1) is 12.9 Å². The van der Waals surface area contributed by atoms with E-state index in [1.165, 1.54) is 11.1 Å². The number of benzene rings is 1. The number of rotatable bonds is 2. The number of hydrogen-bond donors (Lipinski definition) is 1. The van der Waals surface area contributed by atoms with Crippen LogP contribution in [0.2, 0.25) is 0 Å². The van der Waals surface area contributed by atoms with E-state index in [-0.39, 0.29) is 0 Å². The zero-order valence-corrected chi connectivity index (χ0v) is 10.8. The van der Waals surface area contributed by atoms with Crippen molar-refractivity contribution in [2.45, 2.75) is 39.2 Å². The van der Waals surface area contributed by atoms with Crippen LogP contribution in [0.5, 0.6) is 0 Å². The van der Waals surface area contributed by atoms with Gasteiger partial charge in [0.1, 0.15) is 5.60 Å². The van der Waals surface area contributed by atoms with E-state index in [1.807, 2.05) is 19.1 Å². The molecule has 1 aromatic rings. The third-order valence-electron chi connectivity index (χ3n) is 3.34.